The summed E-state index contributed by atoms with van der Waals surface area (Å²) in [6, 6.07) is 4.37. The highest BCUT2D eigenvalue weighted by atomic mass is 32.2. The Morgan fingerprint density at radius 2 is 0.967 bits per heavy atom. The van der Waals surface area contributed by atoms with Crippen molar-refractivity contribution in [3.8, 4) is 12.1 Å². The molecular formula is C24H45N3O2S. The van der Waals surface area contributed by atoms with Gasteiger partial charge in [0.05, 0.1) is 17.9 Å². The van der Waals surface area contributed by atoms with Crippen LogP contribution in [-0.2, 0) is 10.0 Å². The molecule has 0 aliphatic heterocycles. The largest absolute Gasteiger partial charge is 0.214 e. The van der Waals surface area contributed by atoms with E-state index in [-0.39, 0.29) is 5.75 Å². The van der Waals surface area contributed by atoms with Crippen molar-refractivity contribution in [3.63, 3.8) is 0 Å². The van der Waals surface area contributed by atoms with E-state index in [1.165, 1.54) is 25.7 Å². The van der Waals surface area contributed by atoms with Gasteiger partial charge in [-0.1, -0.05) is 77.6 Å². The Labute approximate surface area is 186 Å². The van der Waals surface area contributed by atoms with Crippen molar-refractivity contribution in [3.05, 3.63) is 0 Å². The van der Waals surface area contributed by atoms with E-state index in [0.717, 1.165) is 77.0 Å². The zero-order valence-corrected chi connectivity index (χ0v) is 20.2. The molecule has 0 saturated heterocycles. The molecule has 0 aromatic rings. The summed E-state index contributed by atoms with van der Waals surface area (Å²) in [6.07, 6.45) is 18.3. The molecule has 0 rings (SSSR count). The van der Waals surface area contributed by atoms with E-state index in [1.54, 1.807) is 4.31 Å². The van der Waals surface area contributed by atoms with Crippen LogP contribution < -0.4 is 0 Å². The SMILES string of the molecule is CCCCS(=O)(=O)N(CCCCCCCCCC#N)CCCCCCCCCC#N. The third-order valence-electron chi connectivity index (χ3n) is 5.54. The Morgan fingerprint density at radius 3 is 1.33 bits per heavy atom. The number of hydrogen-bond acceptors (Lipinski definition) is 4. The fourth-order valence-corrected chi connectivity index (χ4v) is 5.32. The highest BCUT2D eigenvalue weighted by Gasteiger charge is 2.20. The monoisotopic (exact) mass is 439 g/mol. The van der Waals surface area contributed by atoms with Crippen LogP contribution in [-0.4, -0.2) is 31.6 Å². The average Bonchev–Trinajstić information content (AvgIpc) is 2.73. The highest BCUT2D eigenvalue weighted by Crippen LogP contribution is 2.14. The standard InChI is InChI=1S/C24H45N3O2S/c1-2-3-24-30(28,29)27(22-18-14-10-6-4-8-12-16-20-25)23-19-15-11-7-5-9-13-17-21-26/h2-19,22-24H2,1H3. The summed E-state index contributed by atoms with van der Waals surface area (Å²) in [6.45, 7) is 3.36. The van der Waals surface area contributed by atoms with Gasteiger partial charge >= 0.3 is 0 Å². The van der Waals surface area contributed by atoms with Crippen LogP contribution in [0, 0.1) is 22.7 Å². The van der Waals surface area contributed by atoms with Crippen LogP contribution in [0.1, 0.15) is 122 Å². The van der Waals surface area contributed by atoms with Crippen molar-refractivity contribution in [1.29, 1.82) is 10.5 Å². The Hall–Kier alpha value is -1.11. The van der Waals surface area contributed by atoms with Crippen molar-refractivity contribution >= 4 is 10.0 Å². The van der Waals surface area contributed by atoms with E-state index >= 15 is 0 Å². The molecule has 0 fully saturated rings. The number of unbranched alkanes of at least 4 members (excludes halogenated alkanes) is 15. The van der Waals surface area contributed by atoms with E-state index in [9.17, 15) is 8.42 Å². The topological polar surface area (TPSA) is 85.0 Å². The van der Waals surface area contributed by atoms with Gasteiger partial charge in [0, 0.05) is 25.9 Å². The van der Waals surface area contributed by atoms with E-state index in [1.807, 2.05) is 6.92 Å². The summed E-state index contributed by atoms with van der Waals surface area (Å²) < 4.78 is 27.1. The second-order valence-corrected chi connectivity index (χ2v) is 10.4. The third-order valence-corrected chi connectivity index (χ3v) is 7.50. The molecule has 0 amide bonds. The van der Waals surface area contributed by atoms with Crippen molar-refractivity contribution in [2.24, 2.45) is 0 Å². The van der Waals surface area contributed by atoms with E-state index in [0.29, 0.717) is 25.9 Å². The molecule has 30 heavy (non-hydrogen) atoms. The molecule has 6 heteroatoms. The second kappa shape index (κ2) is 21.1. The first-order chi connectivity index (χ1) is 14.6. The minimum absolute atomic E-state index is 0.279. The maximum Gasteiger partial charge on any atom is 0.214 e. The van der Waals surface area contributed by atoms with Gasteiger partial charge in [-0.2, -0.15) is 10.5 Å². The van der Waals surface area contributed by atoms with Crippen LogP contribution in [0.4, 0.5) is 0 Å². The zero-order valence-electron chi connectivity index (χ0n) is 19.4. The number of nitriles is 2. The maximum absolute atomic E-state index is 12.7. The first-order valence-electron chi connectivity index (χ1n) is 12.3. The predicted octanol–water partition coefficient (Wildman–Crippen LogP) is 6.71. The lowest BCUT2D eigenvalue weighted by atomic mass is 10.1. The summed E-state index contributed by atoms with van der Waals surface area (Å²) in [7, 11) is -3.13. The Kier molecular flexibility index (Phi) is 20.4. The maximum atomic E-state index is 12.7. The van der Waals surface area contributed by atoms with Crippen molar-refractivity contribution in [2.45, 2.75) is 122 Å². The predicted molar refractivity (Wildman–Crippen MR) is 125 cm³/mol. The van der Waals surface area contributed by atoms with Crippen molar-refractivity contribution < 1.29 is 8.42 Å². The van der Waals surface area contributed by atoms with Crippen LogP contribution in [0.2, 0.25) is 0 Å². The number of nitrogens with zero attached hydrogens (tertiary/aromatic N) is 3. The van der Waals surface area contributed by atoms with Crippen molar-refractivity contribution in [2.75, 3.05) is 18.8 Å². The van der Waals surface area contributed by atoms with Crippen LogP contribution in [0.15, 0.2) is 0 Å². The molecule has 0 radical (unpaired) electrons. The molecule has 0 N–H and O–H groups in total. The van der Waals surface area contributed by atoms with Gasteiger partial charge in [0.25, 0.3) is 0 Å². The van der Waals surface area contributed by atoms with Gasteiger partial charge in [-0.25, -0.2) is 12.7 Å². The summed E-state index contributed by atoms with van der Waals surface area (Å²) in [5.41, 5.74) is 0. The van der Waals surface area contributed by atoms with Gasteiger partial charge < -0.3 is 0 Å². The summed E-state index contributed by atoms with van der Waals surface area (Å²) in [4.78, 5) is 0. The lowest BCUT2D eigenvalue weighted by Crippen LogP contribution is -2.34. The molecule has 0 aliphatic rings. The molecule has 0 spiro atoms. The lowest BCUT2D eigenvalue weighted by Gasteiger charge is -2.22. The Bertz CT molecular complexity index is 532. The van der Waals surface area contributed by atoms with Gasteiger partial charge in [-0.15, -0.1) is 0 Å². The molecule has 0 aromatic carbocycles. The number of rotatable bonds is 22. The second-order valence-electron chi connectivity index (χ2n) is 8.33. The Balaban J connectivity index is 4.07. The van der Waals surface area contributed by atoms with Gasteiger partial charge in [0.1, 0.15) is 0 Å². The minimum Gasteiger partial charge on any atom is -0.212 e. The first kappa shape index (κ1) is 28.9. The van der Waals surface area contributed by atoms with Crippen molar-refractivity contribution in [1.82, 2.24) is 4.31 Å². The van der Waals surface area contributed by atoms with Crippen LogP contribution in [0.5, 0.6) is 0 Å². The quantitative estimate of drug-likeness (QED) is 0.175. The van der Waals surface area contributed by atoms with E-state index in [2.05, 4.69) is 12.1 Å². The molecule has 0 unspecified atom stereocenters. The Morgan fingerprint density at radius 1 is 0.600 bits per heavy atom. The minimum atomic E-state index is -3.13. The smallest absolute Gasteiger partial charge is 0.212 e. The fraction of sp³-hybridized carbons (Fsp3) is 0.917. The highest BCUT2D eigenvalue weighted by molar-refractivity contribution is 7.89. The van der Waals surface area contributed by atoms with E-state index in [4.69, 9.17) is 10.5 Å². The van der Waals surface area contributed by atoms with Crippen LogP contribution in [0.3, 0.4) is 0 Å². The summed E-state index contributed by atoms with van der Waals surface area (Å²) in [5, 5.41) is 17.1. The molecule has 0 bridgehead atoms. The summed E-state index contributed by atoms with van der Waals surface area (Å²) >= 11 is 0. The number of hydrogen-bond donors (Lipinski definition) is 0. The molecule has 174 valence electrons. The number of sulfonamides is 1. The van der Waals surface area contributed by atoms with Crippen LogP contribution >= 0.6 is 0 Å². The van der Waals surface area contributed by atoms with Gasteiger partial charge in [0.15, 0.2) is 0 Å². The molecule has 5 nitrogen and oxygen atoms in total. The molecule has 0 heterocycles. The first-order valence-corrected chi connectivity index (χ1v) is 13.9. The summed E-state index contributed by atoms with van der Waals surface area (Å²) in [5.74, 6) is 0.279. The van der Waals surface area contributed by atoms with Crippen LogP contribution in [0.25, 0.3) is 0 Å². The molecule has 0 aromatic heterocycles. The molecular weight excluding hydrogens is 394 g/mol. The average molecular weight is 440 g/mol. The zero-order chi connectivity index (χ0) is 22.3. The molecule has 0 atom stereocenters. The normalized spacial score (nSPS) is 11.5. The molecule has 0 aliphatic carbocycles. The lowest BCUT2D eigenvalue weighted by molar-refractivity contribution is 0.382. The van der Waals surface area contributed by atoms with Gasteiger partial charge in [-0.3, -0.25) is 0 Å². The van der Waals surface area contributed by atoms with Gasteiger partial charge in [-0.05, 0) is 32.1 Å². The fourth-order valence-electron chi connectivity index (χ4n) is 3.60. The third kappa shape index (κ3) is 17.7. The molecule has 0 saturated carbocycles. The van der Waals surface area contributed by atoms with Gasteiger partial charge in [0.2, 0.25) is 10.0 Å². The van der Waals surface area contributed by atoms with E-state index < -0.39 is 10.0 Å².